The highest BCUT2D eigenvalue weighted by Crippen LogP contribution is 2.17. The van der Waals surface area contributed by atoms with Gasteiger partial charge in [0.15, 0.2) is 0 Å². The molecule has 0 bridgehead atoms. The van der Waals surface area contributed by atoms with Crippen LogP contribution < -0.4 is 5.32 Å². The van der Waals surface area contributed by atoms with Crippen LogP contribution in [0.2, 0.25) is 0 Å². The second-order valence-corrected chi connectivity index (χ2v) is 4.35. The second kappa shape index (κ2) is 7.33. The molecule has 2 rings (SSSR count). The number of benzene rings is 1. The lowest BCUT2D eigenvalue weighted by atomic mass is 10.2. The third kappa shape index (κ3) is 4.12. The molecule has 106 valence electrons. The zero-order chi connectivity index (χ0) is 14.2. The van der Waals surface area contributed by atoms with E-state index in [0.717, 1.165) is 17.7 Å². The highest BCUT2D eigenvalue weighted by atomic mass is 16.5. The van der Waals surface area contributed by atoms with Crippen LogP contribution in [0, 0.1) is 0 Å². The van der Waals surface area contributed by atoms with E-state index < -0.39 is 0 Å². The summed E-state index contributed by atoms with van der Waals surface area (Å²) in [7, 11) is 0. The van der Waals surface area contributed by atoms with Crippen molar-refractivity contribution in [1.82, 2.24) is 9.97 Å². The largest absolute Gasteiger partial charge is 0.466 e. The molecule has 2 aromatic rings. The number of rotatable bonds is 7. The van der Waals surface area contributed by atoms with Crippen molar-refractivity contribution >= 4 is 11.9 Å². The molecule has 0 amide bonds. The Balaban J connectivity index is 1.78. The number of esters is 1. The van der Waals surface area contributed by atoms with Crippen molar-refractivity contribution < 1.29 is 9.53 Å². The summed E-state index contributed by atoms with van der Waals surface area (Å²) in [6, 6.07) is 10.0. The molecule has 5 heteroatoms. The number of nitrogens with zero attached hydrogens (tertiary/aromatic N) is 1. The molecule has 0 saturated heterocycles. The Morgan fingerprint density at radius 3 is 2.90 bits per heavy atom. The maximum absolute atomic E-state index is 11.2. The first-order valence-electron chi connectivity index (χ1n) is 6.79. The summed E-state index contributed by atoms with van der Waals surface area (Å²) >= 11 is 0. The topological polar surface area (TPSA) is 67.0 Å². The maximum Gasteiger partial charge on any atom is 0.305 e. The molecular weight excluding hydrogens is 254 g/mol. The van der Waals surface area contributed by atoms with E-state index in [2.05, 4.69) is 15.3 Å². The second-order valence-electron chi connectivity index (χ2n) is 4.35. The van der Waals surface area contributed by atoms with E-state index in [9.17, 15) is 4.79 Å². The SMILES string of the molecule is CCOC(=O)CCCNc1ncc(-c2ccccc2)[nH]1. The van der Waals surface area contributed by atoms with E-state index in [-0.39, 0.29) is 5.97 Å². The lowest BCUT2D eigenvalue weighted by Crippen LogP contribution is -2.08. The van der Waals surface area contributed by atoms with E-state index in [4.69, 9.17) is 4.74 Å². The van der Waals surface area contributed by atoms with Crippen LogP contribution in [0.25, 0.3) is 11.3 Å². The van der Waals surface area contributed by atoms with Crippen LogP contribution in [0.4, 0.5) is 5.95 Å². The minimum absolute atomic E-state index is 0.154. The number of hydrogen-bond donors (Lipinski definition) is 2. The molecule has 0 atom stereocenters. The van der Waals surface area contributed by atoms with Gasteiger partial charge in [-0.2, -0.15) is 0 Å². The first kappa shape index (κ1) is 14.1. The molecule has 2 N–H and O–H groups in total. The van der Waals surface area contributed by atoms with Crippen LogP contribution in [0.5, 0.6) is 0 Å². The molecule has 1 heterocycles. The van der Waals surface area contributed by atoms with Gasteiger partial charge in [0, 0.05) is 13.0 Å². The number of aromatic amines is 1. The van der Waals surface area contributed by atoms with Crippen molar-refractivity contribution in [3.8, 4) is 11.3 Å². The van der Waals surface area contributed by atoms with E-state index in [1.54, 1.807) is 6.20 Å². The number of ether oxygens (including phenoxy) is 1. The van der Waals surface area contributed by atoms with Gasteiger partial charge in [-0.3, -0.25) is 4.79 Å². The molecule has 0 radical (unpaired) electrons. The van der Waals surface area contributed by atoms with Crippen LogP contribution in [-0.2, 0) is 9.53 Å². The van der Waals surface area contributed by atoms with Crippen molar-refractivity contribution in [2.24, 2.45) is 0 Å². The van der Waals surface area contributed by atoms with Crippen LogP contribution in [0.1, 0.15) is 19.8 Å². The zero-order valence-electron chi connectivity index (χ0n) is 11.6. The number of hydrogen-bond acceptors (Lipinski definition) is 4. The van der Waals surface area contributed by atoms with Crippen molar-refractivity contribution in [2.45, 2.75) is 19.8 Å². The van der Waals surface area contributed by atoms with Crippen molar-refractivity contribution in [1.29, 1.82) is 0 Å². The maximum atomic E-state index is 11.2. The van der Waals surface area contributed by atoms with Crippen LogP contribution in [0.15, 0.2) is 36.5 Å². The third-order valence-electron chi connectivity index (χ3n) is 2.82. The minimum Gasteiger partial charge on any atom is -0.466 e. The third-order valence-corrected chi connectivity index (χ3v) is 2.82. The molecule has 0 unspecified atom stereocenters. The molecule has 0 aliphatic carbocycles. The minimum atomic E-state index is -0.154. The molecule has 1 aromatic carbocycles. The first-order chi connectivity index (χ1) is 9.79. The standard InChI is InChI=1S/C15H19N3O2/c1-2-20-14(19)9-6-10-16-15-17-11-13(18-15)12-7-4-3-5-8-12/h3-5,7-8,11H,2,6,9-10H2,1H3,(H2,16,17,18). The Bertz CT molecular complexity index is 537. The van der Waals surface area contributed by atoms with Gasteiger partial charge in [0.05, 0.1) is 18.5 Å². The molecule has 5 nitrogen and oxygen atoms in total. The molecule has 0 aliphatic rings. The highest BCUT2D eigenvalue weighted by molar-refractivity contribution is 5.69. The van der Waals surface area contributed by atoms with Gasteiger partial charge in [0.2, 0.25) is 5.95 Å². The summed E-state index contributed by atoms with van der Waals surface area (Å²) in [4.78, 5) is 18.6. The van der Waals surface area contributed by atoms with Crippen molar-refractivity contribution in [2.75, 3.05) is 18.5 Å². The van der Waals surface area contributed by atoms with Gasteiger partial charge < -0.3 is 15.0 Å². The van der Waals surface area contributed by atoms with Gasteiger partial charge in [-0.25, -0.2) is 4.98 Å². The molecule has 0 aliphatic heterocycles. The average Bonchev–Trinajstić information content (AvgIpc) is 2.94. The van der Waals surface area contributed by atoms with Crippen molar-refractivity contribution in [3.05, 3.63) is 36.5 Å². The van der Waals surface area contributed by atoms with Gasteiger partial charge in [0.1, 0.15) is 0 Å². The summed E-state index contributed by atoms with van der Waals surface area (Å²) in [5, 5.41) is 3.16. The number of nitrogens with one attached hydrogen (secondary N) is 2. The summed E-state index contributed by atoms with van der Waals surface area (Å²) in [6.45, 7) is 2.93. The number of imidazole rings is 1. The molecule has 20 heavy (non-hydrogen) atoms. The molecule has 1 aromatic heterocycles. The monoisotopic (exact) mass is 273 g/mol. The van der Waals surface area contributed by atoms with E-state index in [0.29, 0.717) is 25.5 Å². The van der Waals surface area contributed by atoms with Crippen LogP contribution >= 0.6 is 0 Å². The fraction of sp³-hybridized carbons (Fsp3) is 0.333. The number of carbonyl (C=O) groups excluding carboxylic acids is 1. The van der Waals surface area contributed by atoms with Gasteiger partial charge in [-0.1, -0.05) is 30.3 Å². The Hall–Kier alpha value is -2.30. The predicted molar refractivity (Wildman–Crippen MR) is 78.4 cm³/mol. The number of aromatic nitrogens is 2. The summed E-state index contributed by atoms with van der Waals surface area (Å²) in [5.41, 5.74) is 2.07. The number of carbonyl (C=O) groups is 1. The smallest absolute Gasteiger partial charge is 0.305 e. The lowest BCUT2D eigenvalue weighted by Gasteiger charge is -2.03. The average molecular weight is 273 g/mol. The zero-order valence-corrected chi connectivity index (χ0v) is 11.6. The Labute approximate surface area is 118 Å². The van der Waals surface area contributed by atoms with Gasteiger partial charge in [-0.15, -0.1) is 0 Å². The van der Waals surface area contributed by atoms with Gasteiger partial charge in [-0.05, 0) is 18.9 Å². The molecule has 0 saturated carbocycles. The predicted octanol–water partition coefficient (Wildman–Crippen LogP) is 2.83. The highest BCUT2D eigenvalue weighted by Gasteiger charge is 2.03. The first-order valence-corrected chi connectivity index (χ1v) is 6.79. The number of H-pyrrole nitrogens is 1. The molecular formula is C15H19N3O2. The Morgan fingerprint density at radius 2 is 2.15 bits per heavy atom. The van der Waals surface area contributed by atoms with E-state index in [1.807, 2.05) is 37.3 Å². The van der Waals surface area contributed by atoms with E-state index in [1.165, 1.54) is 0 Å². The number of anilines is 1. The van der Waals surface area contributed by atoms with Gasteiger partial charge in [0.25, 0.3) is 0 Å². The normalized spacial score (nSPS) is 10.2. The van der Waals surface area contributed by atoms with Crippen LogP contribution in [0.3, 0.4) is 0 Å². The van der Waals surface area contributed by atoms with Crippen LogP contribution in [-0.4, -0.2) is 29.1 Å². The molecule has 0 fully saturated rings. The Kier molecular flexibility index (Phi) is 5.17. The Morgan fingerprint density at radius 1 is 1.35 bits per heavy atom. The fourth-order valence-corrected chi connectivity index (χ4v) is 1.85. The fourth-order valence-electron chi connectivity index (χ4n) is 1.85. The van der Waals surface area contributed by atoms with Crippen molar-refractivity contribution in [3.63, 3.8) is 0 Å². The van der Waals surface area contributed by atoms with E-state index >= 15 is 0 Å². The summed E-state index contributed by atoms with van der Waals surface area (Å²) in [5.74, 6) is 0.562. The van der Waals surface area contributed by atoms with Gasteiger partial charge >= 0.3 is 5.97 Å². The lowest BCUT2D eigenvalue weighted by molar-refractivity contribution is -0.143. The quantitative estimate of drug-likeness (QED) is 0.601. The summed E-state index contributed by atoms with van der Waals surface area (Å²) in [6.07, 6.45) is 2.94. The summed E-state index contributed by atoms with van der Waals surface area (Å²) < 4.78 is 4.87. The molecule has 0 spiro atoms.